The van der Waals surface area contributed by atoms with Crippen LogP contribution in [0, 0.1) is 11.8 Å². The largest absolute Gasteiger partial charge is 0.338 e. The molecule has 0 aliphatic carbocycles. The zero-order chi connectivity index (χ0) is 20.8. The molecule has 1 aromatic carbocycles. The highest BCUT2D eigenvalue weighted by Crippen LogP contribution is 2.21. The molecule has 1 heterocycles. The number of nitrogens with zero attached hydrogens (tertiary/aromatic N) is 2. The number of thioether (sulfide) groups is 1. The van der Waals surface area contributed by atoms with Crippen LogP contribution in [0.1, 0.15) is 27.7 Å². The minimum atomic E-state index is -0.518. The summed E-state index contributed by atoms with van der Waals surface area (Å²) in [6.07, 6.45) is 0. The van der Waals surface area contributed by atoms with E-state index in [1.54, 1.807) is 16.7 Å². The maximum Gasteiger partial charge on any atom is 0.321 e. The van der Waals surface area contributed by atoms with Crippen LogP contribution in [-0.4, -0.2) is 33.8 Å². The summed E-state index contributed by atoms with van der Waals surface area (Å²) in [4.78, 5) is 41.3. The quantitative estimate of drug-likeness (QED) is 0.479. The first kappa shape index (κ1) is 22.4. The molecule has 2 N–H and O–H groups in total. The highest BCUT2D eigenvalue weighted by Gasteiger charge is 2.15. The smallest absolute Gasteiger partial charge is 0.321 e. The van der Waals surface area contributed by atoms with Gasteiger partial charge in [-0.15, -0.1) is 0 Å². The summed E-state index contributed by atoms with van der Waals surface area (Å²) < 4.78 is 2.40. The van der Waals surface area contributed by atoms with Crippen LogP contribution >= 0.6 is 27.7 Å². The molecule has 0 spiro atoms. The molecule has 7 nitrogen and oxygen atoms in total. The molecule has 0 fully saturated rings. The van der Waals surface area contributed by atoms with Crippen molar-refractivity contribution in [3.8, 4) is 0 Å². The Kier molecular flexibility index (Phi) is 8.06. The van der Waals surface area contributed by atoms with Gasteiger partial charge in [-0.25, -0.2) is 9.78 Å². The van der Waals surface area contributed by atoms with Gasteiger partial charge in [0.05, 0.1) is 16.7 Å². The molecule has 0 bridgehead atoms. The highest BCUT2D eigenvalue weighted by molar-refractivity contribution is 9.10. The first-order valence-electron chi connectivity index (χ1n) is 9.08. The Morgan fingerprint density at radius 1 is 1.21 bits per heavy atom. The highest BCUT2D eigenvalue weighted by atomic mass is 79.9. The fourth-order valence-corrected chi connectivity index (χ4v) is 3.61. The number of fused-ring (bicyclic) bond motifs is 1. The Morgan fingerprint density at radius 3 is 2.57 bits per heavy atom. The predicted molar refractivity (Wildman–Crippen MR) is 116 cm³/mol. The normalized spacial score (nSPS) is 11.2. The van der Waals surface area contributed by atoms with Gasteiger partial charge in [0.2, 0.25) is 5.91 Å². The minimum absolute atomic E-state index is 0.0122. The first-order chi connectivity index (χ1) is 13.2. The van der Waals surface area contributed by atoms with Gasteiger partial charge in [-0.2, -0.15) is 0 Å². The average molecular weight is 469 g/mol. The molecule has 0 unspecified atom stereocenters. The van der Waals surface area contributed by atoms with Gasteiger partial charge in [0.15, 0.2) is 5.16 Å². The van der Waals surface area contributed by atoms with Crippen molar-refractivity contribution in [2.75, 3.05) is 12.3 Å². The van der Waals surface area contributed by atoms with Crippen LogP contribution in [0.15, 0.2) is 32.6 Å². The van der Waals surface area contributed by atoms with Gasteiger partial charge >= 0.3 is 6.03 Å². The average Bonchev–Trinajstić information content (AvgIpc) is 2.61. The Balaban J connectivity index is 2.18. The summed E-state index contributed by atoms with van der Waals surface area (Å²) in [7, 11) is 0. The Labute approximate surface area is 176 Å². The van der Waals surface area contributed by atoms with Gasteiger partial charge in [-0.3, -0.25) is 19.5 Å². The van der Waals surface area contributed by atoms with Gasteiger partial charge in [0.1, 0.15) is 0 Å². The molecule has 152 valence electrons. The Bertz CT molecular complexity index is 927. The topological polar surface area (TPSA) is 93.1 Å². The van der Waals surface area contributed by atoms with Crippen molar-refractivity contribution in [3.05, 3.63) is 33.0 Å². The number of amides is 3. The number of hydrogen-bond donors (Lipinski definition) is 2. The molecule has 0 saturated carbocycles. The molecule has 2 aromatic rings. The second-order valence-electron chi connectivity index (χ2n) is 7.31. The zero-order valence-corrected chi connectivity index (χ0v) is 18.8. The van der Waals surface area contributed by atoms with Crippen LogP contribution in [0.5, 0.6) is 0 Å². The lowest BCUT2D eigenvalue weighted by atomic mass is 10.2. The van der Waals surface area contributed by atoms with Gasteiger partial charge in [-0.05, 0) is 30.0 Å². The van der Waals surface area contributed by atoms with E-state index >= 15 is 0 Å². The Hall–Kier alpha value is -1.87. The van der Waals surface area contributed by atoms with Crippen LogP contribution in [0.4, 0.5) is 4.79 Å². The number of aromatic nitrogens is 2. The molecule has 0 saturated heterocycles. The number of halogens is 1. The lowest BCUT2D eigenvalue weighted by molar-refractivity contribution is -0.117. The van der Waals surface area contributed by atoms with E-state index < -0.39 is 11.9 Å². The standard InChI is InChI=1S/C19H25BrN4O3S/c1-11(2)8-21-18(27)23-16(25)10-28-19-22-15-6-5-13(20)7-14(15)17(26)24(19)9-12(3)4/h5-7,11-12H,8-10H2,1-4H3,(H2,21,23,25,27). The van der Waals surface area contributed by atoms with E-state index in [1.165, 1.54) is 0 Å². The SMILES string of the molecule is CC(C)CNC(=O)NC(=O)CSc1nc2ccc(Br)cc2c(=O)n1CC(C)C. The van der Waals surface area contributed by atoms with Crippen LogP contribution in [0.25, 0.3) is 10.9 Å². The predicted octanol–water partition coefficient (Wildman–Crippen LogP) is 3.39. The van der Waals surface area contributed by atoms with Crippen molar-refractivity contribution >= 4 is 50.5 Å². The molecule has 0 aliphatic rings. The van der Waals surface area contributed by atoms with E-state index in [1.807, 2.05) is 33.8 Å². The van der Waals surface area contributed by atoms with Crippen LogP contribution in [0.3, 0.4) is 0 Å². The number of benzene rings is 1. The lowest BCUT2D eigenvalue weighted by Gasteiger charge is -2.15. The molecule has 28 heavy (non-hydrogen) atoms. The molecule has 1 aromatic heterocycles. The Morgan fingerprint density at radius 2 is 1.93 bits per heavy atom. The van der Waals surface area contributed by atoms with Gasteiger partial charge in [0, 0.05) is 17.6 Å². The molecular weight excluding hydrogens is 444 g/mol. The number of imide groups is 1. The van der Waals surface area contributed by atoms with E-state index in [4.69, 9.17) is 0 Å². The van der Waals surface area contributed by atoms with E-state index in [0.717, 1.165) is 16.2 Å². The van der Waals surface area contributed by atoms with Crippen LogP contribution in [0.2, 0.25) is 0 Å². The van der Waals surface area contributed by atoms with E-state index in [-0.39, 0.29) is 17.2 Å². The summed E-state index contributed by atoms with van der Waals surface area (Å²) in [5, 5.41) is 5.91. The number of carbonyl (C=O) groups excluding carboxylic acids is 2. The molecule has 0 radical (unpaired) electrons. The molecule has 3 amide bonds. The van der Waals surface area contributed by atoms with Gasteiger partial charge in [0.25, 0.3) is 5.56 Å². The second-order valence-corrected chi connectivity index (χ2v) is 9.16. The maximum absolute atomic E-state index is 12.9. The third-order valence-corrected chi connectivity index (χ3v) is 5.15. The number of urea groups is 1. The summed E-state index contributed by atoms with van der Waals surface area (Å²) in [6, 6.07) is 4.82. The number of carbonyl (C=O) groups is 2. The molecular formula is C19H25BrN4O3S. The minimum Gasteiger partial charge on any atom is -0.338 e. The monoisotopic (exact) mass is 468 g/mol. The van der Waals surface area contributed by atoms with E-state index in [9.17, 15) is 14.4 Å². The van der Waals surface area contributed by atoms with Crippen LogP contribution < -0.4 is 16.2 Å². The van der Waals surface area contributed by atoms with Crippen molar-refractivity contribution in [1.82, 2.24) is 20.2 Å². The summed E-state index contributed by atoms with van der Waals surface area (Å²) >= 11 is 4.53. The second kappa shape index (κ2) is 10.1. The van der Waals surface area contributed by atoms with Crippen molar-refractivity contribution in [2.45, 2.75) is 39.4 Å². The number of nitrogens with one attached hydrogen (secondary N) is 2. The molecule has 0 atom stereocenters. The summed E-state index contributed by atoms with van der Waals surface area (Å²) in [5.41, 5.74) is 0.434. The molecule has 0 aliphatic heterocycles. The van der Waals surface area contributed by atoms with Gasteiger partial charge < -0.3 is 5.32 Å². The number of rotatable bonds is 7. The lowest BCUT2D eigenvalue weighted by Crippen LogP contribution is -2.41. The fourth-order valence-electron chi connectivity index (χ4n) is 2.44. The first-order valence-corrected chi connectivity index (χ1v) is 10.9. The third-order valence-electron chi connectivity index (χ3n) is 3.69. The zero-order valence-electron chi connectivity index (χ0n) is 16.4. The number of hydrogen-bond acceptors (Lipinski definition) is 5. The van der Waals surface area contributed by atoms with Crippen molar-refractivity contribution in [2.24, 2.45) is 11.8 Å². The molecule has 9 heteroatoms. The summed E-state index contributed by atoms with van der Waals surface area (Å²) in [5.74, 6) is 0.0795. The third kappa shape index (κ3) is 6.34. The van der Waals surface area contributed by atoms with Crippen molar-refractivity contribution in [3.63, 3.8) is 0 Å². The van der Waals surface area contributed by atoms with Crippen molar-refractivity contribution < 1.29 is 9.59 Å². The maximum atomic E-state index is 12.9. The van der Waals surface area contributed by atoms with Crippen LogP contribution in [-0.2, 0) is 11.3 Å². The molecule has 2 rings (SSSR count). The van der Waals surface area contributed by atoms with Gasteiger partial charge in [-0.1, -0.05) is 55.4 Å². The van der Waals surface area contributed by atoms with E-state index in [0.29, 0.717) is 35.1 Å². The van der Waals surface area contributed by atoms with Crippen molar-refractivity contribution in [1.29, 1.82) is 0 Å². The van der Waals surface area contributed by atoms with E-state index in [2.05, 4.69) is 31.5 Å². The fraction of sp³-hybridized carbons (Fsp3) is 0.474. The summed E-state index contributed by atoms with van der Waals surface area (Å²) in [6.45, 7) is 8.94.